The van der Waals surface area contributed by atoms with Gasteiger partial charge in [-0.2, -0.15) is 13.8 Å². The number of hydrogen-bond acceptors (Lipinski definition) is 5. The van der Waals surface area contributed by atoms with Gasteiger partial charge >= 0.3 is 6.55 Å². The molecule has 176 valence electrons. The van der Waals surface area contributed by atoms with E-state index in [1.54, 1.807) is 48.5 Å². The number of aromatic nitrogens is 4. The molecule has 3 aromatic carbocycles. The van der Waals surface area contributed by atoms with Crippen LogP contribution >= 0.6 is 0 Å². The molecule has 0 saturated heterocycles. The molecule has 5 rings (SSSR count). The van der Waals surface area contributed by atoms with Crippen LogP contribution in [0.4, 0.5) is 14.5 Å². The summed E-state index contributed by atoms with van der Waals surface area (Å²) in [6.07, 6.45) is 0.444. The molecule has 35 heavy (non-hydrogen) atoms. The maximum atomic E-state index is 13.7. The van der Waals surface area contributed by atoms with E-state index in [0.717, 1.165) is 15.7 Å². The zero-order valence-electron chi connectivity index (χ0n) is 18.8. The van der Waals surface area contributed by atoms with E-state index in [-0.39, 0.29) is 18.2 Å². The molecule has 0 spiro atoms. The van der Waals surface area contributed by atoms with Gasteiger partial charge in [0.05, 0.1) is 11.0 Å². The predicted molar refractivity (Wildman–Crippen MR) is 128 cm³/mol. The van der Waals surface area contributed by atoms with Crippen LogP contribution in [0.3, 0.4) is 0 Å². The lowest BCUT2D eigenvalue weighted by Crippen LogP contribution is -2.12. The van der Waals surface area contributed by atoms with Crippen molar-refractivity contribution in [3.63, 3.8) is 0 Å². The van der Waals surface area contributed by atoms with Gasteiger partial charge < -0.3 is 9.84 Å². The Labute approximate surface area is 199 Å². The number of carbonyl (C=O) groups is 1. The average Bonchev–Trinajstić information content (AvgIpc) is 3.49. The van der Waals surface area contributed by atoms with Crippen molar-refractivity contribution in [1.29, 1.82) is 0 Å². The topological polar surface area (TPSA) is 85.8 Å². The normalized spacial score (nSPS) is 11.3. The van der Waals surface area contributed by atoms with Gasteiger partial charge in [-0.15, -0.1) is 0 Å². The molecule has 0 atom stereocenters. The Morgan fingerprint density at radius 1 is 0.971 bits per heavy atom. The zero-order valence-corrected chi connectivity index (χ0v) is 18.8. The van der Waals surface area contributed by atoms with Crippen molar-refractivity contribution < 1.29 is 18.1 Å². The first-order valence-electron chi connectivity index (χ1n) is 11.0. The number of amides is 1. The summed E-state index contributed by atoms with van der Waals surface area (Å²) in [5.41, 5.74) is 3.90. The highest BCUT2D eigenvalue weighted by atomic mass is 19.3. The van der Waals surface area contributed by atoms with E-state index in [4.69, 9.17) is 4.52 Å². The van der Waals surface area contributed by atoms with Crippen molar-refractivity contribution in [1.82, 2.24) is 19.7 Å². The van der Waals surface area contributed by atoms with E-state index in [9.17, 15) is 13.6 Å². The molecule has 0 radical (unpaired) electrons. The molecule has 0 unspecified atom stereocenters. The lowest BCUT2D eigenvalue weighted by Gasteiger charge is -2.09. The Bertz CT molecular complexity index is 1470. The Morgan fingerprint density at radius 2 is 1.69 bits per heavy atom. The number of benzene rings is 3. The van der Waals surface area contributed by atoms with Gasteiger partial charge in [-0.3, -0.25) is 9.36 Å². The molecule has 0 aliphatic heterocycles. The lowest BCUT2D eigenvalue weighted by molar-refractivity contribution is -0.116. The van der Waals surface area contributed by atoms with Crippen molar-refractivity contribution in [2.24, 2.45) is 0 Å². The van der Waals surface area contributed by atoms with Gasteiger partial charge in [0.1, 0.15) is 5.82 Å². The molecule has 7 nitrogen and oxygen atoms in total. The minimum atomic E-state index is -2.73. The van der Waals surface area contributed by atoms with Gasteiger partial charge in [-0.1, -0.05) is 47.1 Å². The van der Waals surface area contributed by atoms with Gasteiger partial charge in [-0.25, -0.2) is 4.98 Å². The Morgan fingerprint density at radius 3 is 2.43 bits per heavy atom. The van der Waals surface area contributed by atoms with Gasteiger partial charge in [-0.05, 0) is 43.3 Å². The fraction of sp³-hybridized carbons (Fsp3) is 0.154. The highest BCUT2D eigenvalue weighted by Gasteiger charge is 2.19. The number of nitrogens with one attached hydrogen (secondary N) is 1. The Hall–Kier alpha value is -4.40. The number of para-hydroxylation sites is 2. The molecular weight excluding hydrogens is 452 g/mol. The number of anilines is 1. The molecule has 1 amide bonds. The van der Waals surface area contributed by atoms with Crippen LogP contribution < -0.4 is 5.32 Å². The highest BCUT2D eigenvalue weighted by molar-refractivity contribution is 5.91. The van der Waals surface area contributed by atoms with Gasteiger partial charge in [0, 0.05) is 29.7 Å². The third kappa shape index (κ3) is 4.79. The van der Waals surface area contributed by atoms with Crippen LogP contribution in [0.1, 0.15) is 24.4 Å². The fourth-order valence-electron chi connectivity index (χ4n) is 3.77. The molecule has 5 aromatic rings. The van der Waals surface area contributed by atoms with E-state index >= 15 is 0 Å². The van der Waals surface area contributed by atoms with Crippen molar-refractivity contribution in [2.45, 2.75) is 26.3 Å². The quantitative estimate of drug-likeness (QED) is 0.312. The van der Waals surface area contributed by atoms with E-state index < -0.39 is 6.55 Å². The SMILES string of the molecule is Cc1ccc(-c2noc(CCC(=O)Nc3ccc(-c4nc5ccccc5n4C(F)F)cc3)n2)cc1. The minimum Gasteiger partial charge on any atom is -0.339 e. The number of fused-ring (bicyclic) bond motifs is 1. The standard InChI is InChI=1S/C26H21F2N5O2/c1-16-6-8-17(9-7-16)24-31-23(35-32-24)15-14-22(34)29-19-12-10-18(11-13-19)25-30-20-4-2-3-5-21(20)33(25)26(27)28/h2-13,26H,14-15H2,1H3,(H,29,34). The van der Waals surface area contributed by atoms with Gasteiger partial charge in [0.2, 0.25) is 17.6 Å². The molecule has 1 N–H and O–H groups in total. The summed E-state index contributed by atoms with van der Waals surface area (Å²) in [5, 5.41) is 6.77. The van der Waals surface area contributed by atoms with E-state index in [1.807, 2.05) is 31.2 Å². The largest absolute Gasteiger partial charge is 0.339 e. The van der Waals surface area contributed by atoms with Crippen LogP contribution in [-0.4, -0.2) is 25.6 Å². The van der Waals surface area contributed by atoms with E-state index in [2.05, 4.69) is 20.4 Å². The first-order chi connectivity index (χ1) is 17.0. The summed E-state index contributed by atoms with van der Waals surface area (Å²) < 4.78 is 33.6. The van der Waals surface area contributed by atoms with Crippen LogP contribution in [0.25, 0.3) is 33.8 Å². The van der Waals surface area contributed by atoms with Crippen LogP contribution in [0, 0.1) is 6.92 Å². The number of nitrogens with zero attached hydrogens (tertiary/aromatic N) is 4. The number of imidazole rings is 1. The summed E-state index contributed by atoms with van der Waals surface area (Å²) in [7, 11) is 0. The number of halogens is 2. The average molecular weight is 473 g/mol. The molecular formula is C26H21F2N5O2. The predicted octanol–water partition coefficient (Wildman–Crippen LogP) is 6.03. The second kappa shape index (κ2) is 9.46. The number of alkyl halides is 2. The van der Waals surface area contributed by atoms with Crippen LogP contribution in [-0.2, 0) is 11.2 Å². The van der Waals surface area contributed by atoms with E-state index in [0.29, 0.717) is 40.4 Å². The Kier molecular flexibility index (Phi) is 6.05. The van der Waals surface area contributed by atoms with Crippen LogP contribution in [0.2, 0.25) is 0 Å². The number of aryl methyl sites for hydroxylation is 2. The van der Waals surface area contributed by atoms with Crippen molar-refractivity contribution in [3.8, 4) is 22.8 Å². The van der Waals surface area contributed by atoms with Crippen LogP contribution in [0.15, 0.2) is 77.3 Å². The summed E-state index contributed by atoms with van der Waals surface area (Å²) in [6.45, 7) is -0.731. The molecule has 2 aromatic heterocycles. The molecule has 0 fully saturated rings. The molecule has 2 heterocycles. The Balaban J connectivity index is 1.23. The summed E-state index contributed by atoms with van der Waals surface area (Å²) in [5.74, 6) is 0.787. The fourth-order valence-corrected chi connectivity index (χ4v) is 3.77. The maximum absolute atomic E-state index is 13.7. The summed E-state index contributed by atoms with van der Waals surface area (Å²) >= 11 is 0. The third-order valence-electron chi connectivity index (χ3n) is 5.56. The number of hydrogen-bond donors (Lipinski definition) is 1. The molecule has 9 heteroatoms. The zero-order chi connectivity index (χ0) is 24.4. The summed E-state index contributed by atoms with van der Waals surface area (Å²) in [6, 6.07) is 21.1. The molecule has 0 saturated carbocycles. The monoisotopic (exact) mass is 473 g/mol. The van der Waals surface area contributed by atoms with Gasteiger partial charge in [0.15, 0.2) is 0 Å². The minimum absolute atomic E-state index is 0.151. The van der Waals surface area contributed by atoms with Crippen LogP contribution in [0.5, 0.6) is 0 Å². The number of carbonyl (C=O) groups excluding carboxylic acids is 1. The van der Waals surface area contributed by atoms with Crippen molar-refractivity contribution >= 4 is 22.6 Å². The second-order valence-electron chi connectivity index (χ2n) is 8.08. The second-order valence-corrected chi connectivity index (χ2v) is 8.08. The lowest BCUT2D eigenvalue weighted by atomic mass is 10.1. The van der Waals surface area contributed by atoms with E-state index in [1.165, 1.54) is 0 Å². The van der Waals surface area contributed by atoms with Crippen molar-refractivity contribution in [2.75, 3.05) is 5.32 Å². The molecule has 0 aliphatic carbocycles. The highest BCUT2D eigenvalue weighted by Crippen LogP contribution is 2.30. The first-order valence-corrected chi connectivity index (χ1v) is 11.0. The smallest absolute Gasteiger partial charge is 0.320 e. The first kappa shape index (κ1) is 22.4. The third-order valence-corrected chi connectivity index (χ3v) is 5.56. The molecule has 0 bridgehead atoms. The maximum Gasteiger partial charge on any atom is 0.320 e. The molecule has 0 aliphatic rings. The van der Waals surface area contributed by atoms with Gasteiger partial charge in [0.25, 0.3) is 0 Å². The number of rotatable bonds is 7. The van der Waals surface area contributed by atoms with Crippen molar-refractivity contribution in [3.05, 3.63) is 84.3 Å². The summed E-state index contributed by atoms with van der Waals surface area (Å²) in [4.78, 5) is 21.1.